The fourth-order valence-electron chi connectivity index (χ4n) is 0.225. The molecule has 8 heavy (non-hydrogen) atoms. The summed E-state index contributed by atoms with van der Waals surface area (Å²) in [6, 6.07) is -0.274. The highest BCUT2D eigenvalue weighted by molar-refractivity contribution is 6.57. The molecule has 5 heteroatoms. The van der Waals surface area contributed by atoms with Crippen LogP contribution in [0.25, 0.3) is 0 Å². The van der Waals surface area contributed by atoms with Gasteiger partial charge >= 0.3 is 8.80 Å². The van der Waals surface area contributed by atoms with Crippen LogP contribution in [0.1, 0.15) is 0 Å². The highest BCUT2D eigenvalue weighted by Crippen LogP contribution is 2.00. The minimum absolute atomic E-state index is 0.274. The minimum atomic E-state index is -3.55. The van der Waals surface area contributed by atoms with E-state index in [0.29, 0.717) is 0 Å². The molecule has 0 aliphatic carbocycles. The Bertz CT molecular complexity index is 67.5. The van der Waals surface area contributed by atoms with Crippen LogP contribution in [0, 0.1) is 0 Å². The van der Waals surface area contributed by atoms with Gasteiger partial charge in [-0.1, -0.05) is 0 Å². The molecule has 0 aromatic heterocycles. The average Bonchev–Trinajstić information content (AvgIpc) is 1.67. The van der Waals surface area contributed by atoms with E-state index in [1.807, 2.05) is 0 Å². The van der Waals surface area contributed by atoms with Gasteiger partial charge in [0.05, 0.1) is 6.67 Å². The van der Waals surface area contributed by atoms with Crippen molar-refractivity contribution in [3.8, 4) is 0 Å². The number of rotatable bonds is 3. The zero-order chi connectivity index (χ0) is 6.62. The second-order valence-corrected chi connectivity index (χ2v) is 3.78. The molecule has 0 aliphatic rings. The van der Waals surface area contributed by atoms with E-state index in [-0.39, 0.29) is 6.04 Å². The first-order valence-corrected chi connectivity index (χ1v) is 4.19. The van der Waals surface area contributed by atoms with E-state index >= 15 is 0 Å². The van der Waals surface area contributed by atoms with Gasteiger partial charge in [-0.15, -0.1) is 0 Å². The maximum Gasteiger partial charge on any atom is 0.497 e. The average molecular weight is 140 g/mol. The third-order valence-electron chi connectivity index (χ3n) is 0.747. The second-order valence-electron chi connectivity index (χ2n) is 1.39. The Morgan fingerprint density at radius 1 is 1.62 bits per heavy atom. The van der Waals surface area contributed by atoms with Gasteiger partial charge in [-0.2, -0.15) is 0 Å². The van der Waals surface area contributed by atoms with Crippen LogP contribution in [-0.4, -0.2) is 32.2 Å². The van der Waals surface area contributed by atoms with Gasteiger partial charge in [0.2, 0.25) is 0 Å². The van der Waals surface area contributed by atoms with Crippen molar-refractivity contribution >= 4 is 8.80 Å². The van der Waals surface area contributed by atoms with E-state index in [1.165, 1.54) is 0 Å². The van der Waals surface area contributed by atoms with Crippen molar-refractivity contribution in [2.45, 2.75) is 6.04 Å². The number of alkyl halides is 1. The molecule has 0 aromatic carbocycles. The molecule has 0 saturated heterocycles. The maximum atomic E-state index is 11.3. The Balaban J connectivity index is 3.37. The Labute approximate surface area is 48.1 Å². The van der Waals surface area contributed by atoms with Crippen molar-refractivity contribution in [2.24, 2.45) is 0 Å². The number of hydrogen-bond acceptors (Lipinski definition) is 3. The van der Waals surface area contributed by atoms with Crippen LogP contribution < -0.4 is 0 Å². The molecule has 0 rings (SSSR count). The van der Waals surface area contributed by atoms with Crippen molar-refractivity contribution in [3.63, 3.8) is 0 Å². The largest absolute Gasteiger partial charge is 0.497 e. The van der Waals surface area contributed by atoms with E-state index in [4.69, 9.17) is 9.59 Å². The van der Waals surface area contributed by atoms with Crippen LogP contribution in [0.4, 0.5) is 4.39 Å². The third-order valence-corrected chi connectivity index (χ3v) is 2.24. The molecule has 0 amide bonds. The monoisotopic (exact) mass is 140 g/mol. The topological polar surface area (TPSA) is 49.7 Å². The van der Waals surface area contributed by atoms with Crippen molar-refractivity contribution < 1.29 is 18.4 Å². The maximum absolute atomic E-state index is 11.3. The fourth-order valence-corrected chi connectivity index (χ4v) is 0.675. The van der Waals surface area contributed by atoms with E-state index in [0.717, 1.165) is 7.11 Å². The van der Waals surface area contributed by atoms with Gasteiger partial charge in [0.15, 0.2) is 0 Å². The van der Waals surface area contributed by atoms with Gasteiger partial charge in [0, 0.05) is 13.2 Å². The lowest BCUT2D eigenvalue weighted by atomic mass is 10.9. The van der Waals surface area contributed by atoms with Crippen LogP contribution in [0.2, 0.25) is 6.04 Å². The fraction of sp³-hybridized carbons (Fsp3) is 1.00. The predicted octanol–water partition coefficient (Wildman–Crippen LogP) is -0.474. The Kier molecular flexibility index (Phi) is 3.14. The summed E-state index contributed by atoms with van der Waals surface area (Å²) in [4.78, 5) is 17.1. The van der Waals surface area contributed by atoms with Gasteiger partial charge in [-0.25, -0.2) is 0 Å². The van der Waals surface area contributed by atoms with Gasteiger partial charge < -0.3 is 14.0 Å². The van der Waals surface area contributed by atoms with E-state index in [9.17, 15) is 4.39 Å². The predicted molar refractivity (Wildman–Crippen MR) is 28.0 cm³/mol. The number of halogens is 1. The highest BCUT2D eigenvalue weighted by Gasteiger charge is 2.29. The summed E-state index contributed by atoms with van der Waals surface area (Å²) in [7, 11) is -2.40. The number of hydrogen-bond donors (Lipinski definition) is 2. The second kappa shape index (κ2) is 3.13. The molecule has 0 fully saturated rings. The molecule has 0 unspecified atom stereocenters. The molecule has 0 bridgehead atoms. The molecule has 2 N–H and O–H groups in total. The normalized spacial score (nSPS) is 12.0. The Morgan fingerprint density at radius 2 is 2.12 bits per heavy atom. The SMILES string of the molecule is CO[Si](O)(O)CCF. The summed E-state index contributed by atoms with van der Waals surface area (Å²) in [6.07, 6.45) is 0. The lowest BCUT2D eigenvalue weighted by molar-refractivity contribution is 0.181. The van der Waals surface area contributed by atoms with E-state index < -0.39 is 15.5 Å². The van der Waals surface area contributed by atoms with Gasteiger partial charge in [-0.05, 0) is 0 Å². The molecule has 0 aromatic rings. The minimum Gasteiger partial charge on any atom is -0.390 e. The Morgan fingerprint density at radius 3 is 2.25 bits per heavy atom. The molecule has 3 nitrogen and oxygen atoms in total. The first-order valence-electron chi connectivity index (χ1n) is 2.18. The summed E-state index contributed by atoms with van der Waals surface area (Å²) in [5.74, 6) is 0. The zero-order valence-corrected chi connectivity index (χ0v) is 5.59. The first kappa shape index (κ1) is 8.03. The standard InChI is InChI=1S/C3H9FO3Si/c1-7-8(5,6)3-2-4/h5-6H,2-3H2,1H3. The van der Waals surface area contributed by atoms with Crippen molar-refractivity contribution in [1.29, 1.82) is 0 Å². The van der Waals surface area contributed by atoms with E-state index in [2.05, 4.69) is 4.43 Å². The molecule has 0 heterocycles. The van der Waals surface area contributed by atoms with Crippen LogP contribution >= 0.6 is 0 Å². The zero-order valence-electron chi connectivity index (χ0n) is 4.59. The first-order chi connectivity index (χ1) is 3.62. The van der Waals surface area contributed by atoms with Crippen LogP contribution in [0.5, 0.6) is 0 Å². The third kappa shape index (κ3) is 3.08. The molecule has 0 spiro atoms. The molecular weight excluding hydrogens is 131 g/mol. The molecular formula is C3H9FO3Si. The summed E-state index contributed by atoms with van der Waals surface area (Å²) in [5.41, 5.74) is 0. The lowest BCUT2D eigenvalue weighted by Gasteiger charge is -2.10. The molecule has 0 radical (unpaired) electrons. The summed E-state index contributed by atoms with van der Waals surface area (Å²) in [5, 5.41) is 0. The van der Waals surface area contributed by atoms with E-state index in [1.54, 1.807) is 0 Å². The van der Waals surface area contributed by atoms with Crippen LogP contribution in [-0.2, 0) is 4.43 Å². The molecule has 0 saturated carbocycles. The van der Waals surface area contributed by atoms with Gasteiger partial charge in [0.1, 0.15) is 0 Å². The van der Waals surface area contributed by atoms with Crippen molar-refractivity contribution in [1.82, 2.24) is 0 Å². The molecule has 0 aliphatic heterocycles. The lowest BCUT2D eigenvalue weighted by Crippen LogP contribution is -2.37. The summed E-state index contributed by atoms with van der Waals surface area (Å²) < 4.78 is 15.5. The van der Waals surface area contributed by atoms with Crippen molar-refractivity contribution in [3.05, 3.63) is 0 Å². The molecule has 50 valence electrons. The summed E-state index contributed by atoms with van der Waals surface area (Å²) in [6.45, 7) is -0.743. The molecule has 0 atom stereocenters. The van der Waals surface area contributed by atoms with Gasteiger partial charge in [0.25, 0.3) is 0 Å². The highest BCUT2D eigenvalue weighted by atomic mass is 28.4. The summed E-state index contributed by atoms with van der Waals surface area (Å²) >= 11 is 0. The van der Waals surface area contributed by atoms with Crippen LogP contribution in [0.15, 0.2) is 0 Å². The smallest absolute Gasteiger partial charge is 0.390 e. The Hall–Kier alpha value is 0.0269. The van der Waals surface area contributed by atoms with Gasteiger partial charge in [-0.3, -0.25) is 4.39 Å². The quantitative estimate of drug-likeness (QED) is 0.521. The van der Waals surface area contributed by atoms with Crippen LogP contribution in [0.3, 0.4) is 0 Å². The van der Waals surface area contributed by atoms with Crippen molar-refractivity contribution in [2.75, 3.05) is 13.8 Å².